The fraction of sp³-hybridized carbons (Fsp3) is 0.0714. The Morgan fingerprint density at radius 2 is 1.40 bits per heavy atom. The van der Waals surface area contributed by atoms with Gasteiger partial charge in [0.2, 0.25) is 5.91 Å². The number of thioether (sulfide) groups is 1. The van der Waals surface area contributed by atoms with Crippen LogP contribution >= 0.6 is 35.6 Å². The van der Waals surface area contributed by atoms with Crippen molar-refractivity contribution < 1.29 is 4.79 Å². The lowest BCUT2D eigenvalue weighted by molar-refractivity contribution is -0.115. The summed E-state index contributed by atoms with van der Waals surface area (Å²) in [7, 11) is 0. The first-order chi connectivity index (χ1) is 17.0. The van der Waals surface area contributed by atoms with Crippen molar-refractivity contribution in [2.45, 2.75) is 17.1 Å². The number of amides is 1. The maximum atomic E-state index is 13.4. The summed E-state index contributed by atoms with van der Waals surface area (Å²) in [5.41, 5.74) is 4.37. The van der Waals surface area contributed by atoms with E-state index in [4.69, 9.17) is 23.8 Å². The number of carbonyl (C=O) groups excluding carboxylic acids is 1. The van der Waals surface area contributed by atoms with Gasteiger partial charge in [-0.1, -0.05) is 66.2 Å². The Balaban J connectivity index is 1.46. The molecule has 35 heavy (non-hydrogen) atoms. The van der Waals surface area contributed by atoms with Crippen molar-refractivity contribution in [2.24, 2.45) is 0 Å². The predicted molar refractivity (Wildman–Crippen MR) is 153 cm³/mol. The molecule has 0 heterocycles. The highest BCUT2D eigenvalue weighted by molar-refractivity contribution is 8.00. The van der Waals surface area contributed by atoms with Crippen molar-refractivity contribution in [1.29, 1.82) is 0 Å². The molecule has 4 nitrogen and oxygen atoms in total. The van der Waals surface area contributed by atoms with Crippen LogP contribution in [0.1, 0.15) is 16.4 Å². The topological polar surface area (TPSA) is 53.2 Å². The molecular formula is C28H24ClN3OS2. The second-order valence-electron chi connectivity index (χ2n) is 7.83. The van der Waals surface area contributed by atoms with Crippen molar-refractivity contribution in [1.82, 2.24) is 0 Å². The van der Waals surface area contributed by atoms with Crippen LogP contribution in [0.25, 0.3) is 0 Å². The van der Waals surface area contributed by atoms with Crippen LogP contribution in [0.3, 0.4) is 0 Å². The minimum absolute atomic E-state index is 0.109. The first kappa shape index (κ1) is 24.8. The van der Waals surface area contributed by atoms with E-state index in [9.17, 15) is 4.79 Å². The average Bonchev–Trinajstić information content (AvgIpc) is 2.87. The maximum Gasteiger partial charge on any atom is 0.242 e. The Labute approximate surface area is 220 Å². The molecule has 0 radical (unpaired) electrons. The quantitative estimate of drug-likeness (QED) is 0.172. The molecule has 4 aromatic carbocycles. The summed E-state index contributed by atoms with van der Waals surface area (Å²) < 4.78 is 0. The number of hydrogen-bond acceptors (Lipinski definition) is 3. The van der Waals surface area contributed by atoms with Crippen LogP contribution < -0.4 is 16.0 Å². The fourth-order valence-corrected chi connectivity index (χ4v) is 4.83. The smallest absolute Gasteiger partial charge is 0.242 e. The van der Waals surface area contributed by atoms with Gasteiger partial charge in [-0.3, -0.25) is 4.79 Å². The highest BCUT2D eigenvalue weighted by atomic mass is 35.5. The van der Waals surface area contributed by atoms with Gasteiger partial charge in [0, 0.05) is 27.0 Å². The summed E-state index contributed by atoms with van der Waals surface area (Å²) in [6.45, 7) is 1.94. The molecule has 0 spiro atoms. The van der Waals surface area contributed by atoms with E-state index in [1.54, 1.807) is 6.07 Å². The molecule has 1 atom stereocenters. The zero-order valence-corrected chi connectivity index (χ0v) is 21.4. The van der Waals surface area contributed by atoms with E-state index in [0.29, 0.717) is 15.8 Å². The molecule has 0 aliphatic carbocycles. The standard InChI is InChI=1S/C28H24ClN3OS2/c1-19-12-13-21(29)18-25(19)32-27(33)26(20-8-4-2-5-9-20)35-24-16-14-23(15-17-24)31-28(34)30-22-10-6-3-7-11-22/h2-18,26H,1H3,(H,32,33)(H2,30,31,34). The van der Waals surface area contributed by atoms with Crippen LogP contribution in [0.15, 0.2) is 108 Å². The van der Waals surface area contributed by atoms with E-state index in [1.165, 1.54) is 11.8 Å². The molecule has 0 bridgehead atoms. The average molecular weight is 518 g/mol. The number of hydrogen-bond donors (Lipinski definition) is 3. The Hall–Kier alpha value is -3.32. The van der Waals surface area contributed by atoms with Gasteiger partial charge in [0.05, 0.1) is 0 Å². The third-order valence-electron chi connectivity index (χ3n) is 5.20. The largest absolute Gasteiger partial charge is 0.332 e. The number of aryl methyl sites for hydroxylation is 1. The van der Waals surface area contributed by atoms with Gasteiger partial charge in [-0.05, 0) is 78.8 Å². The molecule has 0 aliphatic heterocycles. The molecule has 0 aromatic heterocycles. The Kier molecular flexibility index (Phi) is 8.42. The first-order valence-corrected chi connectivity index (χ1v) is 12.7. The molecule has 7 heteroatoms. The van der Waals surface area contributed by atoms with Crippen LogP contribution in [0, 0.1) is 6.92 Å². The molecular weight excluding hydrogens is 494 g/mol. The van der Waals surface area contributed by atoms with E-state index in [2.05, 4.69) is 16.0 Å². The maximum absolute atomic E-state index is 13.4. The van der Waals surface area contributed by atoms with E-state index in [0.717, 1.165) is 27.4 Å². The van der Waals surface area contributed by atoms with Gasteiger partial charge in [-0.2, -0.15) is 0 Å². The molecule has 3 N–H and O–H groups in total. The Bertz CT molecular complexity index is 1300. The third-order valence-corrected chi connectivity index (χ3v) is 6.90. The summed E-state index contributed by atoms with van der Waals surface area (Å²) >= 11 is 13.0. The van der Waals surface area contributed by atoms with Gasteiger partial charge < -0.3 is 16.0 Å². The van der Waals surface area contributed by atoms with Gasteiger partial charge in [0.15, 0.2) is 5.11 Å². The highest BCUT2D eigenvalue weighted by Gasteiger charge is 2.23. The van der Waals surface area contributed by atoms with Gasteiger partial charge in [0.1, 0.15) is 5.25 Å². The molecule has 0 fully saturated rings. The number of anilines is 3. The number of para-hydroxylation sites is 1. The third kappa shape index (κ3) is 7.09. The normalized spacial score (nSPS) is 11.4. The second-order valence-corrected chi connectivity index (χ2v) is 9.85. The van der Waals surface area contributed by atoms with Gasteiger partial charge >= 0.3 is 0 Å². The van der Waals surface area contributed by atoms with Crippen LogP contribution in [-0.4, -0.2) is 11.0 Å². The van der Waals surface area contributed by atoms with E-state index in [1.807, 2.05) is 104 Å². The van der Waals surface area contributed by atoms with Crippen LogP contribution in [-0.2, 0) is 4.79 Å². The molecule has 1 amide bonds. The zero-order chi connectivity index (χ0) is 24.6. The van der Waals surface area contributed by atoms with Gasteiger partial charge in [-0.25, -0.2) is 0 Å². The number of nitrogens with one attached hydrogen (secondary N) is 3. The molecule has 0 aliphatic rings. The lowest BCUT2D eigenvalue weighted by atomic mass is 10.1. The Morgan fingerprint density at radius 3 is 2.06 bits per heavy atom. The Morgan fingerprint density at radius 1 is 0.800 bits per heavy atom. The van der Waals surface area contributed by atoms with E-state index < -0.39 is 5.25 Å². The van der Waals surface area contributed by atoms with Crippen molar-refractivity contribution in [2.75, 3.05) is 16.0 Å². The lowest BCUT2D eigenvalue weighted by Gasteiger charge is -2.18. The van der Waals surface area contributed by atoms with Crippen LogP contribution in [0.5, 0.6) is 0 Å². The van der Waals surface area contributed by atoms with Crippen molar-refractivity contribution >= 4 is 63.7 Å². The minimum atomic E-state index is -0.436. The predicted octanol–water partition coefficient (Wildman–Crippen LogP) is 7.93. The zero-order valence-electron chi connectivity index (χ0n) is 19.0. The monoisotopic (exact) mass is 517 g/mol. The number of benzene rings is 4. The summed E-state index contributed by atoms with van der Waals surface area (Å²) in [5, 5.41) is 10.0. The molecule has 0 saturated carbocycles. The number of carbonyl (C=O) groups is 1. The minimum Gasteiger partial charge on any atom is -0.332 e. The van der Waals surface area contributed by atoms with Crippen LogP contribution in [0.4, 0.5) is 17.1 Å². The lowest BCUT2D eigenvalue weighted by Crippen LogP contribution is -2.19. The molecule has 0 saturated heterocycles. The van der Waals surface area contributed by atoms with Crippen molar-refractivity contribution in [3.8, 4) is 0 Å². The number of rotatable bonds is 7. The van der Waals surface area contributed by atoms with Crippen molar-refractivity contribution in [3.05, 3.63) is 119 Å². The molecule has 4 rings (SSSR count). The number of thiocarbonyl (C=S) groups is 1. The highest BCUT2D eigenvalue weighted by Crippen LogP contribution is 2.37. The van der Waals surface area contributed by atoms with E-state index >= 15 is 0 Å². The van der Waals surface area contributed by atoms with Gasteiger partial charge in [0.25, 0.3) is 0 Å². The molecule has 176 valence electrons. The van der Waals surface area contributed by atoms with Crippen LogP contribution in [0.2, 0.25) is 5.02 Å². The van der Waals surface area contributed by atoms with E-state index in [-0.39, 0.29) is 5.91 Å². The van der Waals surface area contributed by atoms with Crippen molar-refractivity contribution in [3.63, 3.8) is 0 Å². The number of halogens is 1. The van der Waals surface area contributed by atoms with Gasteiger partial charge in [-0.15, -0.1) is 11.8 Å². The SMILES string of the molecule is Cc1ccc(Cl)cc1NC(=O)C(Sc1ccc(NC(=S)Nc2ccccc2)cc1)c1ccccc1. The summed E-state index contributed by atoms with van der Waals surface area (Å²) in [5.74, 6) is -0.109. The first-order valence-electron chi connectivity index (χ1n) is 11.0. The second kappa shape index (κ2) is 11.9. The summed E-state index contributed by atoms with van der Waals surface area (Å²) in [6.07, 6.45) is 0. The molecule has 4 aromatic rings. The molecule has 1 unspecified atom stereocenters. The fourth-order valence-electron chi connectivity index (χ4n) is 3.40. The summed E-state index contributed by atoms with van der Waals surface area (Å²) in [6, 6.07) is 32.8. The summed E-state index contributed by atoms with van der Waals surface area (Å²) in [4.78, 5) is 14.3.